The Kier molecular flexibility index (Phi) is 14.9. The van der Waals surface area contributed by atoms with Gasteiger partial charge in [-0.05, 0) is 44.4 Å². The monoisotopic (exact) mass is 421 g/mol. The van der Waals surface area contributed by atoms with E-state index < -0.39 is 6.10 Å². The fourth-order valence-corrected chi connectivity index (χ4v) is 3.68. The van der Waals surface area contributed by atoms with Crippen LogP contribution >= 0.6 is 0 Å². The molecule has 30 heavy (non-hydrogen) atoms. The average Bonchev–Trinajstić information content (AvgIpc) is 2.73. The summed E-state index contributed by atoms with van der Waals surface area (Å²) in [6.45, 7) is 8.29. The van der Waals surface area contributed by atoms with E-state index in [4.69, 9.17) is 9.47 Å². The van der Waals surface area contributed by atoms with Crippen LogP contribution in [-0.4, -0.2) is 43.6 Å². The largest absolute Gasteiger partial charge is 0.497 e. The lowest BCUT2D eigenvalue weighted by molar-refractivity contribution is 0.0321. The van der Waals surface area contributed by atoms with Gasteiger partial charge in [0.25, 0.3) is 0 Å². The van der Waals surface area contributed by atoms with Gasteiger partial charge in [0, 0.05) is 18.7 Å². The molecule has 0 bridgehead atoms. The molecule has 0 aliphatic rings. The Morgan fingerprint density at radius 3 is 2.03 bits per heavy atom. The molecule has 0 fully saturated rings. The molecule has 0 heterocycles. The Balaban J connectivity index is 2.01. The van der Waals surface area contributed by atoms with E-state index in [2.05, 4.69) is 38.2 Å². The molecule has 4 heteroatoms. The van der Waals surface area contributed by atoms with Gasteiger partial charge in [-0.1, -0.05) is 76.8 Å². The van der Waals surface area contributed by atoms with Gasteiger partial charge in [-0.15, -0.1) is 0 Å². The number of rotatable bonds is 19. The second kappa shape index (κ2) is 16.6. The second-order valence-electron chi connectivity index (χ2n) is 9.20. The zero-order valence-corrected chi connectivity index (χ0v) is 20.0. The van der Waals surface area contributed by atoms with Crippen LogP contribution in [0.1, 0.15) is 90.5 Å². The van der Waals surface area contributed by atoms with Crippen LogP contribution in [0.15, 0.2) is 24.3 Å². The molecule has 0 saturated carbocycles. The average molecular weight is 422 g/mol. The molecule has 1 unspecified atom stereocenters. The van der Waals surface area contributed by atoms with Crippen molar-refractivity contribution in [2.45, 2.75) is 103 Å². The number of nitrogens with one attached hydrogen (secondary N) is 1. The van der Waals surface area contributed by atoms with E-state index in [1.54, 1.807) is 7.11 Å². The molecule has 1 atom stereocenters. The van der Waals surface area contributed by atoms with Crippen LogP contribution in [0.3, 0.4) is 0 Å². The molecule has 0 radical (unpaired) electrons. The number of methoxy groups -OCH3 is 1. The SMILES string of the molecule is CCCCCCCCCCCCOCC(O)CNC(C)(C)Cc1ccc(OC)cc1. The van der Waals surface area contributed by atoms with Crippen molar-refractivity contribution < 1.29 is 14.6 Å². The fourth-order valence-electron chi connectivity index (χ4n) is 3.68. The van der Waals surface area contributed by atoms with E-state index in [0.29, 0.717) is 13.2 Å². The van der Waals surface area contributed by atoms with Gasteiger partial charge in [-0.2, -0.15) is 0 Å². The van der Waals surface area contributed by atoms with E-state index >= 15 is 0 Å². The first-order valence-electron chi connectivity index (χ1n) is 12.1. The first-order valence-corrected chi connectivity index (χ1v) is 12.1. The molecule has 0 spiro atoms. The van der Waals surface area contributed by atoms with Crippen molar-refractivity contribution in [1.29, 1.82) is 0 Å². The maximum absolute atomic E-state index is 10.2. The van der Waals surface area contributed by atoms with E-state index in [0.717, 1.165) is 25.2 Å². The molecule has 0 aromatic heterocycles. The van der Waals surface area contributed by atoms with E-state index in [1.807, 2.05) is 12.1 Å². The van der Waals surface area contributed by atoms with E-state index in [9.17, 15) is 5.11 Å². The van der Waals surface area contributed by atoms with E-state index in [-0.39, 0.29) is 5.54 Å². The third-order valence-electron chi connectivity index (χ3n) is 5.57. The number of ether oxygens (including phenoxy) is 2. The summed E-state index contributed by atoms with van der Waals surface area (Å²) in [5.41, 5.74) is 1.16. The Morgan fingerprint density at radius 1 is 0.900 bits per heavy atom. The number of aliphatic hydroxyl groups excluding tert-OH is 1. The van der Waals surface area contributed by atoms with Crippen LogP contribution in [0.2, 0.25) is 0 Å². The third kappa shape index (κ3) is 14.0. The Morgan fingerprint density at radius 2 is 1.47 bits per heavy atom. The molecule has 0 aliphatic heterocycles. The lowest BCUT2D eigenvalue weighted by Crippen LogP contribution is -2.46. The minimum atomic E-state index is -0.469. The number of unbranched alkanes of at least 4 members (excludes halogenated alkanes) is 9. The third-order valence-corrected chi connectivity index (χ3v) is 5.57. The van der Waals surface area contributed by atoms with Crippen molar-refractivity contribution in [3.63, 3.8) is 0 Å². The molecule has 0 aliphatic carbocycles. The predicted molar refractivity (Wildman–Crippen MR) is 127 cm³/mol. The van der Waals surface area contributed by atoms with Gasteiger partial charge in [0.1, 0.15) is 5.75 Å². The highest BCUT2D eigenvalue weighted by atomic mass is 16.5. The molecule has 174 valence electrons. The molecular formula is C26H47NO3. The van der Waals surface area contributed by atoms with Gasteiger partial charge in [0.2, 0.25) is 0 Å². The maximum Gasteiger partial charge on any atom is 0.118 e. The first kappa shape index (κ1) is 26.9. The minimum Gasteiger partial charge on any atom is -0.497 e. The highest BCUT2D eigenvalue weighted by Crippen LogP contribution is 2.17. The summed E-state index contributed by atoms with van der Waals surface area (Å²) >= 11 is 0. The standard InChI is InChI=1S/C26H47NO3/c1-5-6-7-8-9-10-11-12-13-14-19-30-22-24(28)21-27-26(2,3)20-23-15-17-25(29-4)18-16-23/h15-18,24,27-28H,5-14,19-22H2,1-4H3. The summed E-state index contributed by atoms with van der Waals surface area (Å²) in [4.78, 5) is 0. The molecule has 0 saturated heterocycles. The molecular weight excluding hydrogens is 374 g/mol. The highest BCUT2D eigenvalue weighted by Gasteiger charge is 2.19. The topological polar surface area (TPSA) is 50.7 Å². The summed E-state index contributed by atoms with van der Waals surface area (Å²) < 4.78 is 10.9. The minimum absolute atomic E-state index is 0.0912. The second-order valence-corrected chi connectivity index (χ2v) is 9.20. The van der Waals surface area contributed by atoms with Gasteiger partial charge in [-0.3, -0.25) is 0 Å². The number of β-amino-alcohol motifs (C(OH)–C–C–N with tert-alkyl or cyclic N) is 1. The van der Waals surface area contributed by atoms with Crippen molar-refractivity contribution in [2.24, 2.45) is 0 Å². The summed E-state index contributed by atoms with van der Waals surface area (Å²) in [6.07, 6.45) is 13.7. The molecule has 1 aromatic carbocycles. The van der Waals surface area contributed by atoms with Crippen LogP contribution in [0.4, 0.5) is 0 Å². The molecule has 1 aromatic rings. The van der Waals surface area contributed by atoms with Crippen molar-refractivity contribution in [3.8, 4) is 5.75 Å². The van der Waals surface area contributed by atoms with E-state index in [1.165, 1.54) is 63.4 Å². The predicted octanol–water partition coefficient (Wildman–Crippen LogP) is 5.90. The molecule has 1 rings (SSSR count). The molecule has 0 amide bonds. The van der Waals surface area contributed by atoms with Crippen molar-refractivity contribution in [2.75, 3.05) is 26.9 Å². The van der Waals surface area contributed by atoms with Crippen LogP contribution in [0, 0.1) is 0 Å². The van der Waals surface area contributed by atoms with Crippen molar-refractivity contribution >= 4 is 0 Å². The fraction of sp³-hybridized carbons (Fsp3) is 0.769. The Labute approximate surface area is 185 Å². The lowest BCUT2D eigenvalue weighted by Gasteiger charge is -2.28. The Hall–Kier alpha value is -1.10. The van der Waals surface area contributed by atoms with Crippen molar-refractivity contribution in [3.05, 3.63) is 29.8 Å². The summed E-state index contributed by atoms with van der Waals surface area (Å²) in [7, 11) is 1.68. The van der Waals surface area contributed by atoms with Gasteiger partial charge in [-0.25, -0.2) is 0 Å². The van der Waals surface area contributed by atoms with Gasteiger partial charge < -0.3 is 19.9 Å². The lowest BCUT2D eigenvalue weighted by atomic mass is 9.94. The summed E-state index contributed by atoms with van der Waals surface area (Å²) in [5, 5.41) is 13.7. The highest BCUT2D eigenvalue weighted by molar-refractivity contribution is 5.28. The maximum atomic E-state index is 10.2. The first-order chi connectivity index (χ1) is 14.5. The van der Waals surface area contributed by atoms with Gasteiger partial charge >= 0.3 is 0 Å². The number of hydrogen-bond donors (Lipinski definition) is 2. The summed E-state index contributed by atoms with van der Waals surface area (Å²) in [5.74, 6) is 0.875. The number of benzene rings is 1. The molecule has 4 nitrogen and oxygen atoms in total. The smallest absolute Gasteiger partial charge is 0.118 e. The van der Waals surface area contributed by atoms with Crippen LogP contribution in [0.25, 0.3) is 0 Å². The van der Waals surface area contributed by atoms with Crippen LogP contribution in [-0.2, 0) is 11.2 Å². The van der Waals surface area contributed by atoms with Crippen molar-refractivity contribution in [1.82, 2.24) is 5.32 Å². The van der Waals surface area contributed by atoms with Gasteiger partial charge in [0.15, 0.2) is 0 Å². The molecule has 2 N–H and O–H groups in total. The Bertz CT molecular complexity index is 516. The summed E-state index contributed by atoms with van der Waals surface area (Å²) in [6, 6.07) is 8.16. The zero-order chi connectivity index (χ0) is 22.1. The number of aliphatic hydroxyl groups is 1. The van der Waals surface area contributed by atoms with Gasteiger partial charge in [0.05, 0.1) is 19.8 Å². The number of hydrogen-bond acceptors (Lipinski definition) is 4. The zero-order valence-electron chi connectivity index (χ0n) is 20.0. The normalized spacial score (nSPS) is 12.8. The quantitative estimate of drug-likeness (QED) is 0.273. The van der Waals surface area contributed by atoms with Crippen LogP contribution < -0.4 is 10.1 Å². The van der Waals surface area contributed by atoms with Crippen LogP contribution in [0.5, 0.6) is 5.75 Å².